The lowest BCUT2D eigenvalue weighted by Gasteiger charge is -2.26. The topological polar surface area (TPSA) is 67.4 Å². The van der Waals surface area contributed by atoms with Gasteiger partial charge in [-0.25, -0.2) is 0 Å². The van der Waals surface area contributed by atoms with E-state index in [9.17, 15) is 0 Å². The van der Waals surface area contributed by atoms with Gasteiger partial charge in [-0.3, -0.25) is 10.3 Å². The molecule has 7 nitrogen and oxygen atoms in total. The van der Waals surface area contributed by atoms with E-state index in [2.05, 4.69) is 34.6 Å². The summed E-state index contributed by atoms with van der Waals surface area (Å²) >= 11 is 5.25. The summed E-state index contributed by atoms with van der Waals surface area (Å²) in [6, 6.07) is 5.73. The first-order valence-corrected chi connectivity index (χ1v) is 10.2. The fourth-order valence-corrected chi connectivity index (χ4v) is 2.80. The molecule has 1 heterocycles. The molecule has 1 fully saturated rings. The molecule has 0 radical (unpaired) electrons. The number of thiocarbonyl (C=S) groups is 1. The fourth-order valence-electron chi connectivity index (χ4n) is 2.65. The zero-order valence-electron chi connectivity index (χ0n) is 17.1. The summed E-state index contributed by atoms with van der Waals surface area (Å²) < 4.78 is 16.6. The van der Waals surface area contributed by atoms with Gasteiger partial charge in [0, 0.05) is 26.2 Å². The summed E-state index contributed by atoms with van der Waals surface area (Å²) in [7, 11) is 1.64. The number of rotatable bonds is 10. The molecule has 2 rings (SSSR count). The van der Waals surface area contributed by atoms with E-state index in [1.54, 1.807) is 13.3 Å². The molecule has 8 heteroatoms. The number of methoxy groups -OCH3 is 1. The first-order chi connectivity index (χ1) is 13.6. The summed E-state index contributed by atoms with van der Waals surface area (Å²) in [5, 5.41) is 7.85. The van der Waals surface area contributed by atoms with Crippen molar-refractivity contribution in [3.8, 4) is 11.5 Å². The molecule has 0 saturated carbocycles. The Bertz CT molecular complexity index is 634. The Hall–Kier alpha value is -1.90. The van der Waals surface area contributed by atoms with Gasteiger partial charge in [-0.1, -0.05) is 13.8 Å². The van der Waals surface area contributed by atoms with E-state index >= 15 is 0 Å². The van der Waals surface area contributed by atoms with Crippen LogP contribution in [0.3, 0.4) is 0 Å². The van der Waals surface area contributed by atoms with Gasteiger partial charge in [-0.15, -0.1) is 0 Å². The second kappa shape index (κ2) is 12.5. The van der Waals surface area contributed by atoms with E-state index < -0.39 is 0 Å². The smallest absolute Gasteiger partial charge is 0.187 e. The number of nitrogens with zero attached hydrogens (tertiary/aromatic N) is 2. The Morgan fingerprint density at radius 1 is 1.32 bits per heavy atom. The van der Waals surface area contributed by atoms with Crippen molar-refractivity contribution in [1.29, 1.82) is 0 Å². The van der Waals surface area contributed by atoms with Crippen LogP contribution in [-0.4, -0.2) is 69.3 Å². The average Bonchev–Trinajstić information content (AvgIpc) is 2.69. The van der Waals surface area contributed by atoms with Crippen LogP contribution in [0.5, 0.6) is 11.5 Å². The predicted molar refractivity (Wildman–Crippen MR) is 117 cm³/mol. The lowest BCUT2D eigenvalue weighted by Crippen LogP contribution is -2.42. The van der Waals surface area contributed by atoms with E-state index in [4.69, 9.17) is 26.4 Å². The summed E-state index contributed by atoms with van der Waals surface area (Å²) in [5.41, 5.74) is 3.74. The molecule has 0 atom stereocenters. The minimum atomic E-state index is 0.505. The van der Waals surface area contributed by atoms with Crippen molar-refractivity contribution in [3.63, 3.8) is 0 Å². The molecule has 0 aromatic heterocycles. The third-order valence-electron chi connectivity index (χ3n) is 4.34. The number of ether oxygens (including phenoxy) is 3. The molecule has 1 aromatic carbocycles. The molecule has 1 aliphatic rings. The molecule has 1 aliphatic heterocycles. The van der Waals surface area contributed by atoms with Gasteiger partial charge in [0.1, 0.15) is 0 Å². The number of morpholine rings is 1. The molecule has 1 aromatic rings. The van der Waals surface area contributed by atoms with Gasteiger partial charge in [0.25, 0.3) is 0 Å². The third-order valence-corrected chi connectivity index (χ3v) is 4.57. The van der Waals surface area contributed by atoms with E-state index in [-0.39, 0.29) is 0 Å². The summed E-state index contributed by atoms with van der Waals surface area (Å²) in [6.07, 6.45) is 2.71. The van der Waals surface area contributed by atoms with Crippen LogP contribution in [0, 0.1) is 5.92 Å². The lowest BCUT2D eigenvalue weighted by atomic mass is 10.1. The van der Waals surface area contributed by atoms with Gasteiger partial charge >= 0.3 is 0 Å². The Balaban J connectivity index is 1.73. The van der Waals surface area contributed by atoms with Gasteiger partial charge in [-0.05, 0) is 48.3 Å². The van der Waals surface area contributed by atoms with Crippen LogP contribution in [0.25, 0.3) is 0 Å². The minimum Gasteiger partial charge on any atom is -0.493 e. The maximum absolute atomic E-state index is 5.80. The molecular formula is C20H32N4O3S. The number of benzene rings is 1. The Morgan fingerprint density at radius 3 is 2.82 bits per heavy atom. The predicted octanol–water partition coefficient (Wildman–Crippen LogP) is 2.25. The number of nitrogens with one attached hydrogen (secondary N) is 2. The zero-order chi connectivity index (χ0) is 20.2. The Kier molecular flexibility index (Phi) is 10.0. The van der Waals surface area contributed by atoms with Crippen LogP contribution >= 0.6 is 12.2 Å². The first-order valence-electron chi connectivity index (χ1n) is 9.76. The van der Waals surface area contributed by atoms with Crippen molar-refractivity contribution < 1.29 is 14.2 Å². The highest BCUT2D eigenvalue weighted by molar-refractivity contribution is 7.80. The number of hydrogen-bond donors (Lipinski definition) is 2. The molecule has 2 N–H and O–H groups in total. The number of hydrogen-bond acceptors (Lipinski definition) is 6. The average molecular weight is 409 g/mol. The van der Waals surface area contributed by atoms with Crippen molar-refractivity contribution in [2.75, 3.05) is 53.1 Å². The van der Waals surface area contributed by atoms with Crippen molar-refractivity contribution >= 4 is 23.5 Å². The highest BCUT2D eigenvalue weighted by Crippen LogP contribution is 2.27. The van der Waals surface area contributed by atoms with Crippen molar-refractivity contribution in [1.82, 2.24) is 15.6 Å². The second-order valence-corrected chi connectivity index (χ2v) is 7.43. The van der Waals surface area contributed by atoms with Crippen LogP contribution in [0.4, 0.5) is 0 Å². The lowest BCUT2D eigenvalue weighted by molar-refractivity contribution is 0.0389. The largest absolute Gasteiger partial charge is 0.493 e. The van der Waals surface area contributed by atoms with Gasteiger partial charge < -0.3 is 19.5 Å². The Labute approximate surface area is 173 Å². The normalized spacial score (nSPS) is 15.0. The monoisotopic (exact) mass is 408 g/mol. The molecule has 0 spiro atoms. The van der Waals surface area contributed by atoms with Crippen LogP contribution < -0.4 is 20.2 Å². The second-order valence-electron chi connectivity index (χ2n) is 7.02. The first kappa shape index (κ1) is 22.4. The molecule has 0 aliphatic carbocycles. The Morgan fingerprint density at radius 2 is 2.11 bits per heavy atom. The van der Waals surface area contributed by atoms with Crippen LogP contribution in [-0.2, 0) is 4.74 Å². The maximum Gasteiger partial charge on any atom is 0.187 e. The summed E-state index contributed by atoms with van der Waals surface area (Å²) in [5.74, 6) is 2.04. The third kappa shape index (κ3) is 8.41. The van der Waals surface area contributed by atoms with E-state index in [1.807, 2.05) is 18.2 Å². The van der Waals surface area contributed by atoms with E-state index in [1.165, 1.54) is 0 Å². The van der Waals surface area contributed by atoms with Gasteiger partial charge in [-0.2, -0.15) is 5.10 Å². The van der Waals surface area contributed by atoms with Gasteiger partial charge in [0.2, 0.25) is 0 Å². The van der Waals surface area contributed by atoms with Gasteiger partial charge in [0.05, 0.1) is 33.1 Å². The number of hydrazone groups is 1. The van der Waals surface area contributed by atoms with Gasteiger partial charge in [0.15, 0.2) is 16.6 Å². The SMILES string of the molecule is COc1cc(/C=N/NC(=S)NCCN2CCOCC2)ccc1OCCC(C)C. The van der Waals surface area contributed by atoms with Crippen LogP contribution in [0.1, 0.15) is 25.8 Å². The van der Waals surface area contributed by atoms with E-state index in [0.29, 0.717) is 23.4 Å². The summed E-state index contributed by atoms with van der Waals surface area (Å²) in [6.45, 7) is 10.3. The van der Waals surface area contributed by atoms with Crippen LogP contribution in [0.2, 0.25) is 0 Å². The molecule has 28 heavy (non-hydrogen) atoms. The van der Waals surface area contributed by atoms with Crippen molar-refractivity contribution in [2.24, 2.45) is 11.0 Å². The highest BCUT2D eigenvalue weighted by Gasteiger charge is 2.09. The maximum atomic E-state index is 5.80. The molecular weight excluding hydrogens is 376 g/mol. The van der Waals surface area contributed by atoms with Crippen molar-refractivity contribution in [2.45, 2.75) is 20.3 Å². The molecule has 156 valence electrons. The molecule has 1 saturated heterocycles. The van der Waals surface area contributed by atoms with Crippen molar-refractivity contribution in [3.05, 3.63) is 23.8 Å². The summed E-state index contributed by atoms with van der Waals surface area (Å²) in [4.78, 5) is 2.35. The molecule has 0 amide bonds. The molecule has 0 unspecified atom stereocenters. The minimum absolute atomic E-state index is 0.505. The standard InChI is InChI=1S/C20H32N4O3S/c1-16(2)6-11-27-18-5-4-17(14-19(18)25-3)15-22-23-20(28)21-7-8-24-9-12-26-13-10-24/h4-5,14-16H,6-13H2,1-3H3,(H2,21,23,28)/b22-15+. The quantitative estimate of drug-likeness (QED) is 0.350. The van der Waals surface area contributed by atoms with Crippen LogP contribution in [0.15, 0.2) is 23.3 Å². The van der Waals surface area contributed by atoms with E-state index in [0.717, 1.165) is 57.1 Å². The molecule has 0 bridgehead atoms. The zero-order valence-corrected chi connectivity index (χ0v) is 17.9. The fraction of sp³-hybridized carbons (Fsp3) is 0.600. The highest BCUT2D eigenvalue weighted by atomic mass is 32.1.